The number of allylic oxidation sites excluding steroid dienone is 1. The Kier molecular flexibility index (Phi) is 3.52. The lowest BCUT2D eigenvalue weighted by Gasteiger charge is -1.57. The summed E-state index contributed by atoms with van der Waals surface area (Å²) in [6, 6.07) is 1.86. The van der Waals surface area contributed by atoms with Crippen molar-refractivity contribution < 1.29 is 0 Å². The molecule has 0 saturated carbocycles. The van der Waals surface area contributed by atoms with Crippen LogP contribution in [0.25, 0.3) is 0 Å². The standard InChI is InChI=1S/C4H6N2/c1-2-3-6-4-5/h2-3,5H,1H3. The highest BCUT2D eigenvalue weighted by molar-refractivity contribution is 5.37. The zero-order chi connectivity index (χ0) is 4.83. The van der Waals surface area contributed by atoms with Crippen LogP contribution in [0.15, 0.2) is 17.3 Å². The maximum absolute atomic E-state index is 6.24. The molecule has 0 saturated heterocycles. The normalized spacial score (nSPS) is 8.17. The molecule has 0 aliphatic rings. The number of nitrogens with zero attached hydrogens (tertiary/aromatic N) is 1. The van der Waals surface area contributed by atoms with E-state index >= 15 is 0 Å². The van der Waals surface area contributed by atoms with Gasteiger partial charge in [0.25, 0.3) is 0 Å². The fourth-order valence-corrected chi connectivity index (χ4v) is 0.112. The zero-order valence-electron chi connectivity index (χ0n) is 3.60. The van der Waals surface area contributed by atoms with Crippen LogP contribution in [0, 0.1) is 5.41 Å². The summed E-state index contributed by atoms with van der Waals surface area (Å²) in [6.07, 6.45) is 3.24. The molecule has 0 aromatic carbocycles. The highest BCUT2D eigenvalue weighted by Gasteiger charge is 1.46. The Labute approximate surface area is 36.7 Å². The van der Waals surface area contributed by atoms with E-state index in [0.717, 1.165) is 0 Å². The van der Waals surface area contributed by atoms with Gasteiger partial charge in [-0.05, 0) is 6.92 Å². The second-order valence-corrected chi connectivity index (χ2v) is 0.723. The maximum atomic E-state index is 6.24. The molecule has 32 valence electrons. The van der Waals surface area contributed by atoms with E-state index in [1.165, 1.54) is 6.20 Å². The zero-order valence-corrected chi connectivity index (χ0v) is 3.60. The van der Waals surface area contributed by atoms with Crippen molar-refractivity contribution in [1.29, 1.82) is 5.41 Å². The summed E-state index contributed by atoms with van der Waals surface area (Å²) in [7, 11) is 0. The van der Waals surface area contributed by atoms with Crippen LogP contribution in [0.2, 0.25) is 0 Å². The van der Waals surface area contributed by atoms with E-state index < -0.39 is 0 Å². The Morgan fingerprint density at radius 1 is 1.83 bits per heavy atom. The Bertz CT molecular complexity index is 87.7. The maximum Gasteiger partial charge on any atom is 0.0911 e. The molecule has 0 rings (SSSR count). The van der Waals surface area contributed by atoms with Gasteiger partial charge in [-0.3, -0.25) is 0 Å². The summed E-state index contributed by atoms with van der Waals surface area (Å²) < 4.78 is 0. The van der Waals surface area contributed by atoms with Crippen molar-refractivity contribution in [3.8, 4) is 0 Å². The predicted octanol–water partition coefficient (Wildman–Crippen LogP) is 1.27. The number of aliphatic imine (C=N–C) groups is 1. The Hall–Kier alpha value is -0.880. The molecule has 0 unspecified atom stereocenters. The molecule has 2 heteroatoms. The molecule has 0 atom stereocenters. The van der Waals surface area contributed by atoms with Gasteiger partial charge in [-0.15, -0.1) is 0 Å². The SMILES string of the molecule is CC=CN=C=N. The lowest BCUT2D eigenvalue weighted by Crippen LogP contribution is -1.41. The van der Waals surface area contributed by atoms with Crippen molar-refractivity contribution in [2.24, 2.45) is 4.99 Å². The van der Waals surface area contributed by atoms with Crippen LogP contribution in [0.1, 0.15) is 6.92 Å². The topological polar surface area (TPSA) is 36.2 Å². The molecule has 0 amide bonds. The summed E-state index contributed by atoms with van der Waals surface area (Å²) in [5.41, 5.74) is 0. The fraction of sp³-hybridized carbons (Fsp3) is 0.250. The highest BCUT2D eigenvalue weighted by Crippen LogP contribution is 1.64. The molecule has 0 fully saturated rings. The van der Waals surface area contributed by atoms with Gasteiger partial charge in [-0.2, -0.15) is 4.99 Å². The smallest absolute Gasteiger partial charge is 0.0911 e. The van der Waals surface area contributed by atoms with E-state index in [0.29, 0.717) is 0 Å². The minimum atomic E-state index is 1.51. The second-order valence-electron chi connectivity index (χ2n) is 0.723. The Morgan fingerprint density at radius 3 is 2.67 bits per heavy atom. The molecule has 1 N–H and O–H groups in total. The summed E-state index contributed by atoms with van der Waals surface area (Å²) in [5, 5.41) is 6.24. The van der Waals surface area contributed by atoms with Crippen LogP contribution in [0.3, 0.4) is 0 Å². The predicted molar refractivity (Wildman–Crippen MR) is 25.0 cm³/mol. The first-order chi connectivity index (χ1) is 2.91. The van der Waals surface area contributed by atoms with E-state index in [9.17, 15) is 0 Å². The quantitative estimate of drug-likeness (QED) is 0.462. The average molecular weight is 82.1 g/mol. The molecule has 0 bridgehead atoms. The van der Waals surface area contributed by atoms with Gasteiger partial charge in [0, 0.05) is 6.20 Å². The van der Waals surface area contributed by atoms with Crippen molar-refractivity contribution in [2.45, 2.75) is 6.92 Å². The van der Waals surface area contributed by atoms with Gasteiger partial charge >= 0.3 is 0 Å². The molecule has 0 radical (unpaired) electrons. The lowest BCUT2D eigenvalue weighted by atomic mass is 10.7. The minimum absolute atomic E-state index is 1.51. The summed E-state index contributed by atoms with van der Waals surface area (Å²) >= 11 is 0. The third kappa shape index (κ3) is 3.12. The third-order valence-electron chi connectivity index (χ3n) is 0.288. The number of nitrogens with one attached hydrogen (secondary N) is 1. The van der Waals surface area contributed by atoms with E-state index in [2.05, 4.69) is 4.99 Å². The molecule has 6 heavy (non-hydrogen) atoms. The molecule has 0 heterocycles. The van der Waals surface area contributed by atoms with E-state index in [1.807, 2.05) is 12.9 Å². The number of hydrogen-bond acceptors (Lipinski definition) is 2. The van der Waals surface area contributed by atoms with Gasteiger partial charge in [-0.25, -0.2) is 5.41 Å². The molecular weight excluding hydrogens is 76.1 g/mol. The van der Waals surface area contributed by atoms with Gasteiger partial charge in [-0.1, -0.05) is 6.08 Å². The van der Waals surface area contributed by atoms with Crippen molar-refractivity contribution in [3.63, 3.8) is 0 Å². The Morgan fingerprint density at radius 2 is 2.50 bits per heavy atom. The first-order valence-corrected chi connectivity index (χ1v) is 1.64. The molecule has 2 nitrogen and oxygen atoms in total. The molecule has 0 aliphatic carbocycles. The molecule has 0 aliphatic heterocycles. The number of hydrogen-bond donors (Lipinski definition) is 1. The molecule has 0 spiro atoms. The monoisotopic (exact) mass is 82.1 g/mol. The Balaban J connectivity index is 3.33. The summed E-state index contributed by atoms with van der Waals surface area (Å²) in [4.78, 5) is 3.33. The second kappa shape index (κ2) is 4.12. The van der Waals surface area contributed by atoms with E-state index in [1.54, 1.807) is 6.08 Å². The average Bonchev–Trinajstić information content (AvgIpc) is 1.61. The first kappa shape index (κ1) is 5.12. The fourth-order valence-electron chi connectivity index (χ4n) is 0.112. The van der Waals surface area contributed by atoms with Gasteiger partial charge in [0.2, 0.25) is 0 Å². The van der Waals surface area contributed by atoms with Gasteiger partial charge in [0.1, 0.15) is 0 Å². The molecule has 0 aromatic rings. The van der Waals surface area contributed by atoms with Gasteiger partial charge < -0.3 is 0 Å². The summed E-state index contributed by atoms with van der Waals surface area (Å²) in [5.74, 6) is 0. The summed E-state index contributed by atoms with van der Waals surface area (Å²) in [6.45, 7) is 1.83. The third-order valence-corrected chi connectivity index (χ3v) is 0.288. The van der Waals surface area contributed by atoms with Crippen LogP contribution in [-0.4, -0.2) is 6.01 Å². The van der Waals surface area contributed by atoms with Gasteiger partial charge in [0.15, 0.2) is 0 Å². The molecular formula is C4H6N2. The van der Waals surface area contributed by atoms with Crippen molar-refractivity contribution in [2.75, 3.05) is 0 Å². The minimum Gasteiger partial charge on any atom is -0.241 e. The van der Waals surface area contributed by atoms with Crippen LogP contribution in [0.4, 0.5) is 0 Å². The number of rotatable bonds is 1. The largest absolute Gasteiger partial charge is 0.241 e. The first-order valence-electron chi connectivity index (χ1n) is 1.64. The highest BCUT2D eigenvalue weighted by atomic mass is 14.7. The van der Waals surface area contributed by atoms with Crippen molar-refractivity contribution in [3.05, 3.63) is 12.3 Å². The van der Waals surface area contributed by atoms with Gasteiger partial charge in [0.05, 0.1) is 6.01 Å². The van der Waals surface area contributed by atoms with E-state index in [4.69, 9.17) is 5.41 Å². The van der Waals surface area contributed by atoms with Crippen LogP contribution in [-0.2, 0) is 0 Å². The van der Waals surface area contributed by atoms with Crippen LogP contribution in [0.5, 0.6) is 0 Å². The van der Waals surface area contributed by atoms with Crippen LogP contribution >= 0.6 is 0 Å². The van der Waals surface area contributed by atoms with E-state index in [-0.39, 0.29) is 0 Å². The van der Waals surface area contributed by atoms with Crippen molar-refractivity contribution in [1.82, 2.24) is 0 Å². The van der Waals surface area contributed by atoms with Crippen LogP contribution < -0.4 is 0 Å². The lowest BCUT2D eigenvalue weighted by molar-refractivity contribution is 1.49. The van der Waals surface area contributed by atoms with Crippen molar-refractivity contribution >= 4 is 6.01 Å². The molecule has 0 aromatic heterocycles.